The van der Waals surface area contributed by atoms with Crippen molar-refractivity contribution in [3.05, 3.63) is 35.7 Å². The molecule has 0 unspecified atom stereocenters. The Morgan fingerprint density at radius 3 is 2.45 bits per heavy atom. The number of aromatic amines is 1. The fourth-order valence-electron chi connectivity index (χ4n) is 4.18. The maximum Gasteiger partial charge on any atom is 0.308 e. The van der Waals surface area contributed by atoms with Crippen molar-refractivity contribution < 1.29 is 28.5 Å². The zero-order chi connectivity index (χ0) is 28.9. The Labute approximate surface area is 232 Å². The van der Waals surface area contributed by atoms with E-state index in [4.69, 9.17) is 29.7 Å². The van der Waals surface area contributed by atoms with E-state index in [0.29, 0.717) is 54.7 Å². The van der Waals surface area contributed by atoms with Crippen molar-refractivity contribution in [1.82, 2.24) is 24.7 Å². The number of esters is 1. The Morgan fingerprint density at radius 1 is 1.02 bits per heavy atom. The van der Waals surface area contributed by atoms with Gasteiger partial charge in [0, 0.05) is 29.1 Å². The molecule has 0 aliphatic heterocycles. The van der Waals surface area contributed by atoms with E-state index < -0.39 is 11.5 Å². The lowest BCUT2D eigenvalue weighted by Crippen LogP contribution is -2.24. The van der Waals surface area contributed by atoms with Crippen LogP contribution in [-0.2, 0) is 25.5 Å². The first-order valence-corrected chi connectivity index (χ1v) is 13.2. The van der Waals surface area contributed by atoms with Gasteiger partial charge in [-0.25, -0.2) is 9.97 Å². The molecule has 0 aliphatic carbocycles. The summed E-state index contributed by atoms with van der Waals surface area (Å²) in [5.74, 6) is 0.132. The van der Waals surface area contributed by atoms with Gasteiger partial charge in [0.15, 0.2) is 5.82 Å². The van der Waals surface area contributed by atoms with Crippen molar-refractivity contribution in [2.24, 2.45) is 5.73 Å². The van der Waals surface area contributed by atoms with Crippen molar-refractivity contribution in [1.29, 1.82) is 0 Å². The predicted octanol–water partition coefficient (Wildman–Crippen LogP) is 3.55. The van der Waals surface area contributed by atoms with Crippen LogP contribution in [0, 0.1) is 6.92 Å². The molecule has 0 atom stereocenters. The van der Waals surface area contributed by atoms with Gasteiger partial charge < -0.3 is 29.7 Å². The van der Waals surface area contributed by atoms with Crippen molar-refractivity contribution >= 4 is 33.8 Å². The first kappa shape index (κ1) is 29.0. The molecular weight excluding hydrogens is 516 g/mol. The van der Waals surface area contributed by atoms with Crippen LogP contribution in [0.5, 0.6) is 5.75 Å². The fourth-order valence-corrected chi connectivity index (χ4v) is 4.18. The molecule has 3 aromatic heterocycles. The lowest BCUT2D eigenvalue weighted by Gasteiger charge is -2.19. The number of rotatable bonds is 13. The van der Waals surface area contributed by atoms with Crippen molar-refractivity contribution in [2.75, 3.05) is 33.0 Å². The third-order valence-electron chi connectivity index (χ3n) is 5.87. The summed E-state index contributed by atoms with van der Waals surface area (Å²) < 4.78 is 24.1. The summed E-state index contributed by atoms with van der Waals surface area (Å²) in [6, 6.07) is 5.25. The SMILES string of the molecule is CCn1nc(C)cc1-c1ncc2c(n1)[nH]c1c(OCCOCCOCCC(=O)OC(C)(C)C)cc(C(N)=O)cc12. The number of aryl methyl sites for hydroxylation is 2. The molecule has 0 bridgehead atoms. The maximum atomic E-state index is 12.0. The highest BCUT2D eigenvalue weighted by Crippen LogP contribution is 2.33. The van der Waals surface area contributed by atoms with Crippen molar-refractivity contribution in [2.45, 2.75) is 53.2 Å². The number of nitrogens with two attached hydrogens (primary N) is 1. The highest BCUT2D eigenvalue weighted by atomic mass is 16.6. The molecule has 0 fully saturated rings. The zero-order valence-electron chi connectivity index (χ0n) is 23.6. The van der Waals surface area contributed by atoms with Crippen LogP contribution in [0.1, 0.15) is 50.2 Å². The number of aromatic nitrogens is 5. The minimum atomic E-state index is -0.569. The van der Waals surface area contributed by atoms with Gasteiger partial charge >= 0.3 is 5.97 Å². The largest absolute Gasteiger partial charge is 0.489 e. The van der Waals surface area contributed by atoms with Gasteiger partial charge in [-0.1, -0.05) is 0 Å². The van der Waals surface area contributed by atoms with E-state index in [9.17, 15) is 9.59 Å². The molecule has 214 valence electrons. The second-order valence-electron chi connectivity index (χ2n) is 10.2. The quantitative estimate of drug-likeness (QED) is 0.187. The van der Waals surface area contributed by atoms with Crippen LogP contribution in [-0.4, -0.2) is 75.2 Å². The highest BCUT2D eigenvalue weighted by Gasteiger charge is 2.18. The summed E-state index contributed by atoms with van der Waals surface area (Å²) in [6.07, 6.45) is 1.91. The lowest BCUT2D eigenvalue weighted by molar-refractivity contribution is -0.156. The Morgan fingerprint density at radius 2 is 1.75 bits per heavy atom. The number of carbonyl (C=O) groups excluding carboxylic acids is 2. The Balaban J connectivity index is 1.38. The number of hydrogen-bond acceptors (Lipinski definition) is 9. The van der Waals surface area contributed by atoms with E-state index in [2.05, 4.69) is 15.1 Å². The molecule has 0 aliphatic rings. The molecular formula is C28H36N6O6. The molecule has 12 heteroatoms. The number of fused-ring (bicyclic) bond motifs is 3. The van der Waals surface area contributed by atoms with E-state index in [0.717, 1.165) is 22.2 Å². The number of carbonyl (C=O) groups is 2. The summed E-state index contributed by atoms with van der Waals surface area (Å²) >= 11 is 0. The molecule has 3 N–H and O–H groups in total. The van der Waals surface area contributed by atoms with Gasteiger partial charge in [0.2, 0.25) is 5.91 Å². The number of H-pyrrole nitrogens is 1. The topological polar surface area (TPSA) is 156 Å². The van der Waals surface area contributed by atoms with Gasteiger partial charge in [0.25, 0.3) is 0 Å². The summed E-state index contributed by atoms with van der Waals surface area (Å²) in [6.45, 7) is 11.6. The van der Waals surface area contributed by atoms with Crippen molar-refractivity contribution in [3.8, 4) is 17.3 Å². The predicted molar refractivity (Wildman–Crippen MR) is 149 cm³/mol. The monoisotopic (exact) mass is 552 g/mol. The fraction of sp³-hybridized carbons (Fsp3) is 0.464. The molecule has 0 spiro atoms. The second-order valence-corrected chi connectivity index (χ2v) is 10.2. The Bertz CT molecular complexity index is 1500. The normalized spacial score (nSPS) is 11.8. The van der Waals surface area contributed by atoms with E-state index in [-0.39, 0.29) is 25.6 Å². The molecule has 3 heterocycles. The van der Waals surface area contributed by atoms with E-state index in [1.807, 2.05) is 45.4 Å². The van der Waals surface area contributed by atoms with E-state index >= 15 is 0 Å². The third kappa shape index (κ3) is 7.13. The number of ether oxygens (including phenoxy) is 4. The number of nitrogens with zero attached hydrogens (tertiary/aromatic N) is 4. The van der Waals surface area contributed by atoms with Gasteiger partial charge in [-0.2, -0.15) is 5.10 Å². The number of nitrogens with one attached hydrogen (secondary N) is 1. The molecule has 0 radical (unpaired) electrons. The first-order chi connectivity index (χ1) is 19.1. The van der Waals surface area contributed by atoms with Crippen LogP contribution < -0.4 is 10.5 Å². The molecule has 12 nitrogen and oxygen atoms in total. The van der Waals surface area contributed by atoms with Crippen LogP contribution in [0.4, 0.5) is 0 Å². The van der Waals surface area contributed by atoms with Gasteiger partial charge in [-0.15, -0.1) is 0 Å². The van der Waals surface area contributed by atoms with Gasteiger partial charge in [0.05, 0.1) is 44.1 Å². The van der Waals surface area contributed by atoms with Gasteiger partial charge in [-0.3, -0.25) is 14.3 Å². The second kappa shape index (κ2) is 12.4. The molecule has 1 aromatic carbocycles. The third-order valence-corrected chi connectivity index (χ3v) is 5.87. The summed E-state index contributed by atoms with van der Waals surface area (Å²) in [7, 11) is 0. The van der Waals surface area contributed by atoms with Crippen LogP contribution in [0.25, 0.3) is 33.5 Å². The van der Waals surface area contributed by atoms with Crippen LogP contribution in [0.2, 0.25) is 0 Å². The van der Waals surface area contributed by atoms with Crippen LogP contribution in [0.3, 0.4) is 0 Å². The van der Waals surface area contributed by atoms with Crippen LogP contribution >= 0.6 is 0 Å². The Hall–Kier alpha value is -4.03. The number of amides is 1. The Kier molecular flexibility index (Phi) is 9.00. The molecule has 40 heavy (non-hydrogen) atoms. The van der Waals surface area contributed by atoms with Crippen molar-refractivity contribution in [3.63, 3.8) is 0 Å². The van der Waals surface area contributed by atoms with E-state index in [1.54, 1.807) is 18.3 Å². The minimum Gasteiger partial charge on any atom is -0.489 e. The lowest BCUT2D eigenvalue weighted by atomic mass is 10.1. The zero-order valence-corrected chi connectivity index (χ0v) is 23.6. The molecule has 1 amide bonds. The molecule has 0 saturated carbocycles. The van der Waals surface area contributed by atoms with Crippen LogP contribution in [0.15, 0.2) is 24.4 Å². The van der Waals surface area contributed by atoms with Gasteiger partial charge in [-0.05, 0) is 52.8 Å². The van der Waals surface area contributed by atoms with E-state index in [1.165, 1.54) is 0 Å². The molecule has 4 aromatic rings. The average molecular weight is 553 g/mol. The minimum absolute atomic E-state index is 0.185. The number of hydrogen-bond donors (Lipinski definition) is 2. The smallest absolute Gasteiger partial charge is 0.308 e. The summed E-state index contributed by atoms with van der Waals surface area (Å²) in [5.41, 5.74) is 8.38. The summed E-state index contributed by atoms with van der Waals surface area (Å²) in [5, 5.41) is 5.95. The molecule has 0 saturated heterocycles. The standard InChI is InChI=1S/C28H36N6O6/c1-6-34-21(13-17(2)33-34)27-30-16-20-19-14-18(25(29)36)15-22(24(19)31-26(20)32-27)39-12-11-38-10-9-37-8-7-23(35)40-28(3,4)5/h13-16H,6-12H2,1-5H3,(H2,29,36)(H,30,31,32). The average Bonchev–Trinajstić information content (AvgIpc) is 3.45. The maximum absolute atomic E-state index is 12.0. The number of benzene rings is 1. The van der Waals surface area contributed by atoms with Gasteiger partial charge in [0.1, 0.15) is 29.3 Å². The molecule has 4 rings (SSSR count). The first-order valence-electron chi connectivity index (χ1n) is 13.2. The summed E-state index contributed by atoms with van der Waals surface area (Å²) in [4.78, 5) is 36.3. The highest BCUT2D eigenvalue weighted by molar-refractivity contribution is 6.11. The number of primary amides is 1.